The molecule has 0 atom stereocenters. The number of unbranched alkanes of at least 4 members (excludes halogenated alkanes) is 14. The molecule has 0 bridgehead atoms. The van der Waals surface area contributed by atoms with Crippen molar-refractivity contribution in [3.63, 3.8) is 0 Å². The molecular weight excluding hydrogens is 315 g/mol. The van der Waals surface area contributed by atoms with Crippen molar-refractivity contribution in [2.45, 2.75) is 110 Å². The Hall–Kier alpha value is 1.26. The van der Waals surface area contributed by atoms with E-state index in [-0.39, 0.29) is 58.0 Å². The molecule has 1 N–H and O–H groups in total. The Kier molecular flexibility index (Phi) is 31.3. The molecule has 0 saturated heterocycles. The van der Waals surface area contributed by atoms with Gasteiger partial charge in [-0.2, -0.15) is 0 Å². The molecule has 0 rings (SSSR count). The third kappa shape index (κ3) is 26.2. The number of carboxylic acids is 1. The molecule has 0 radical (unpaired) electrons. The molecule has 0 heterocycles. The Balaban J connectivity index is -0.000000301. The number of rotatable bonds is 16. The first-order valence-electron chi connectivity index (χ1n) is 8.99. The van der Waals surface area contributed by atoms with Crippen molar-refractivity contribution in [3.05, 3.63) is 0 Å². The Morgan fingerprint density at radius 3 is 1.23 bits per heavy atom. The molecule has 0 aromatic carbocycles. The standard InChI is InChI=1S/C18H36O2.Al.Ca.5H/c1-2-3-4-5-6-7-8-9-10-11-12-13-14-15-16-17-18(19)20;;;;;;;/h2-17H2,1H3,(H,19,20);;;;;;;/q;;+2;;;;2*-1. The Morgan fingerprint density at radius 1 is 0.682 bits per heavy atom. The summed E-state index contributed by atoms with van der Waals surface area (Å²) >= 11 is 0. The maximum absolute atomic E-state index is 10.3. The van der Waals surface area contributed by atoms with Gasteiger partial charge in [0, 0.05) is 6.42 Å². The molecule has 0 aromatic rings. The van der Waals surface area contributed by atoms with Gasteiger partial charge in [0.15, 0.2) is 17.4 Å². The van der Waals surface area contributed by atoms with Gasteiger partial charge in [-0.1, -0.05) is 96.8 Å². The monoisotopic (exact) mass is 356 g/mol. The van der Waals surface area contributed by atoms with Gasteiger partial charge in [-0.05, 0) is 6.42 Å². The number of aliphatic carboxylic acids is 1. The fourth-order valence-corrected chi connectivity index (χ4v) is 2.65. The SMILES string of the molecule is CCCCCCCCCCCCCCCCCC(=O)O.[AlH3].[Ca+2].[H-].[H-]. The summed E-state index contributed by atoms with van der Waals surface area (Å²) in [7, 11) is 0. The van der Waals surface area contributed by atoms with Crippen LogP contribution in [0.15, 0.2) is 0 Å². The van der Waals surface area contributed by atoms with Crippen molar-refractivity contribution in [2.75, 3.05) is 0 Å². The van der Waals surface area contributed by atoms with Crippen LogP contribution in [0.2, 0.25) is 0 Å². The van der Waals surface area contributed by atoms with E-state index in [0.29, 0.717) is 6.42 Å². The second kappa shape index (κ2) is 24.5. The maximum Gasteiger partial charge on any atom is 2.00 e. The Morgan fingerprint density at radius 2 is 0.955 bits per heavy atom. The van der Waals surface area contributed by atoms with E-state index in [1.54, 1.807) is 0 Å². The van der Waals surface area contributed by atoms with Crippen molar-refractivity contribution in [2.24, 2.45) is 0 Å². The van der Waals surface area contributed by atoms with E-state index < -0.39 is 5.97 Å². The van der Waals surface area contributed by atoms with Gasteiger partial charge in [0.2, 0.25) is 0 Å². The number of hydrogen-bond acceptors (Lipinski definition) is 1. The Labute approximate surface area is 182 Å². The fourth-order valence-electron chi connectivity index (χ4n) is 2.65. The molecule has 0 unspecified atom stereocenters. The van der Waals surface area contributed by atoms with E-state index >= 15 is 0 Å². The van der Waals surface area contributed by atoms with Gasteiger partial charge in [-0.15, -0.1) is 0 Å². The number of carboxylic acid groups (broad SMARTS) is 1. The summed E-state index contributed by atoms with van der Waals surface area (Å²) < 4.78 is 0. The van der Waals surface area contributed by atoms with Crippen LogP contribution in [0.5, 0.6) is 0 Å². The second-order valence-corrected chi connectivity index (χ2v) is 6.09. The second-order valence-electron chi connectivity index (χ2n) is 6.09. The fraction of sp³-hybridized carbons (Fsp3) is 0.944. The summed E-state index contributed by atoms with van der Waals surface area (Å²) in [6.45, 7) is 2.27. The summed E-state index contributed by atoms with van der Waals surface area (Å²) in [6.07, 6.45) is 20.2. The summed E-state index contributed by atoms with van der Waals surface area (Å²) in [5.41, 5.74) is 0. The van der Waals surface area contributed by atoms with Gasteiger partial charge in [-0.25, -0.2) is 0 Å². The normalized spacial score (nSPS) is 9.86. The van der Waals surface area contributed by atoms with Crippen LogP contribution < -0.4 is 0 Å². The molecule has 0 aliphatic rings. The molecule has 130 valence electrons. The smallest absolute Gasteiger partial charge is 1.00 e. The quantitative estimate of drug-likeness (QED) is 0.312. The van der Waals surface area contributed by atoms with Gasteiger partial charge in [-0.3, -0.25) is 4.79 Å². The van der Waals surface area contributed by atoms with Crippen LogP contribution in [-0.4, -0.2) is 66.2 Å². The van der Waals surface area contributed by atoms with Crippen LogP contribution >= 0.6 is 0 Å². The number of hydrogen-bond donors (Lipinski definition) is 1. The van der Waals surface area contributed by atoms with E-state index in [1.807, 2.05) is 0 Å². The van der Waals surface area contributed by atoms with Crippen molar-refractivity contribution in [1.82, 2.24) is 0 Å². The zero-order valence-electron chi connectivity index (χ0n) is 16.4. The van der Waals surface area contributed by atoms with Gasteiger partial charge in [0.1, 0.15) is 0 Å². The van der Waals surface area contributed by atoms with E-state index in [4.69, 9.17) is 5.11 Å². The summed E-state index contributed by atoms with van der Waals surface area (Å²) in [4.78, 5) is 10.3. The molecule has 0 spiro atoms. The topological polar surface area (TPSA) is 37.3 Å². The molecular formula is C18H41AlCaO2. The molecule has 0 aromatic heterocycles. The first-order valence-corrected chi connectivity index (χ1v) is 8.99. The molecule has 2 nitrogen and oxygen atoms in total. The van der Waals surface area contributed by atoms with E-state index in [0.717, 1.165) is 12.8 Å². The summed E-state index contributed by atoms with van der Waals surface area (Å²) in [5, 5.41) is 8.52. The molecule has 0 saturated carbocycles. The van der Waals surface area contributed by atoms with Crippen LogP contribution in [0.3, 0.4) is 0 Å². The summed E-state index contributed by atoms with van der Waals surface area (Å²) in [6, 6.07) is 0. The van der Waals surface area contributed by atoms with Gasteiger partial charge in [0.25, 0.3) is 0 Å². The van der Waals surface area contributed by atoms with Crippen molar-refractivity contribution in [3.8, 4) is 0 Å². The molecule has 0 aliphatic carbocycles. The average molecular weight is 357 g/mol. The van der Waals surface area contributed by atoms with Crippen molar-refractivity contribution >= 4 is 61.1 Å². The predicted molar refractivity (Wildman–Crippen MR) is 105 cm³/mol. The van der Waals surface area contributed by atoms with Crippen LogP contribution in [0.25, 0.3) is 0 Å². The molecule has 0 aliphatic heterocycles. The van der Waals surface area contributed by atoms with E-state index in [9.17, 15) is 4.79 Å². The first-order chi connectivity index (χ1) is 9.77. The van der Waals surface area contributed by atoms with Gasteiger partial charge >= 0.3 is 43.7 Å². The van der Waals surface area contributed by atoms with Crippen LogP contribution in [0.1, 0.15) is 113 Å². The maximum atomic E-state index is 10.3. The molecule has 0 fully saturated rings. The first kappa shape index (κ1) is 28.1. The van der Waals surface area contributed by atoms with E-state index in [1.165, 1.54) is 83.5 Å². The van der Waals surface area contributed by atoms with Gasteiger partial charge in [0.05, 0.1) is 0 Å². The molecule has 4 heteroatoms. The third-order valence-electron chi connectivity index (χ3n) is 3.99. The Bertz CT molecular complexity index is 223. The van der Waals surface area contributed by atoms with Crippen LogP contribution in [0.4, 0.5) is 0 Å². The molecule has 22 heavy (non-hydrogen) atoms. The van der Waals surface area contributed by atoms with Crippen molar-refractivity contribution < 1.29 is 12.8 Å². The zero-order valence-corrected chi connectivity index (χ0v) is 16.6. The number of carbonyl (C=O) groups is 1. The van der Waals surface area contributed by atoms with Crippen LogP contribution in [0, 0.1) is 0 Å². The van der Waals surface area contributed by atoms with E-state index in [2.05, 4.69) is 6.92 Å². The summed E-state index contributed by atoms with van der Waals surface area (Å²) in [5.74, 6) is -0.653. The van der Waals surface area contributed by atoms with Crippen molar-refractivity contribution in [1.29, 1.82) is 0 Å². The zero-order chi connectivity index (χ0) is 14.9. The predicted octanol–water partition coefficient (Wildman–Crippen LogP) is 4.99. The average Bonchev–Trinajstić information content (AvgIpc) is 2.43. The minimum absolute atomic E-state index is 0. The third-order valence-corrected chi connectivity index (χ3v) is 3.99. The van der Waals surface area contributed by atoms with Crippen LogP contribution in [-0.2, 0) is 4.79 Å². The largest absolute Gasteiger partial charge is 2.00 e. The minimum Gasteiger partial charge on any atom is -1.00 e. The van der Waals surface area contributed by atoms with Gasteiger partial charge < -0.3 is 7.96 Å². The minimum atomic E-state index is -0.653. The molecule has 0 amide bonds.